The van der Waals surface area contributed by atoms with Crippen LogP contribution in [0.25, 0.3) is 0 Å². The molecule has 1 aromatic heterocycles. The van der Waals surface area contributed by atoms with Crippen LogP contribution >= 0.6 is 11.6 Å². The van der Waals surface area contributed by atoms with Gasteiger partial charge in [0.15, 0.2) is 11.5 Å². The van der Waals surface area contributed by atoms with Crippen molar-refractivity contribution in [2.75, 3.05) is 7.11 Å². The highest BCUT2D eigenvalue weighted by atomic mass is 35.5. The molecular weight excluding hydrogens is 266 g/mol. The number of nitrogens with one attached hydrogen (secondary N) is 1. The summed E-state index contributed by atoms with van der Waals surface area (Å²) in [5, 5.41) is 13.8. The van der Waals surface area contributed by atoms with Crippen LogP contribution in [0, 0.1) is 0 Å². The van der Waals surface area contributed by atoms with Crippen LogP contribution in [0.2, 0.25) is 5.02 Å². The van der Waals surface area contributed by atoms with Crippen LogP contribution in [-0.2, 0) is 6.54 Å². The van der Waals surface area contributed by atoms with Gasteiger partial charge in [-0.3, -0.25) is 0 Å². The van der Waals surface area contributed by atoms with E-state index in [4.69, 9.17) is 20.8 Å². The maximum absolute atomic E-state index is 10.0. The van der Waals surface area contributed by atoms with E-state index in [0.717, 1.165) is 5.76 Å². The second kappa shape index (κ2) is 5.99. The molecule has 1 aromatic carbocycles. The molecule has 0 aliphatic rings. The lowest BCUT2D eigenvalue weighted by Gasteiger charge is -2.14. The largest absolute Gasteiger partial charge is 0.504 e. The summed E-state index contributed by atoms with van der Waals surface area (Å²) in [7, 11) is 1.49. The maximum Gasteiger partial charge on any atom is 0.162 e. The Balaban J connectivity index is 2.09. The Hall–Kier alpha value is -1.65. The van der Waals surface area contributed by atoms with Gasteiger partial charge < -0.3 is 19.6 Å². The average Bonchev–Trinajstić information content (AvgIpc) is 2.93. The molecule has 0 aliphatic carbocycles. The molecule has 0 bridgehead atoms. The third kappa shape index (κ3) is 3.22. The van der Waals surface area contributed by atoms with Gasteiger partial charge in [0.05, 0.1) is 19.4 Å². The van der Waals surface area contributed by atoms with Gasteiger partial charge in [-0.05, 0) is 25.1 Å². The first kappa shape index (κ1) is 13.8. The summed E-state index contributed by atoms with van der Waals surface area (Å²) < 4.78 is 10.4. The second-order valence-corrected chi connectivity index (χ2v) is 4.67. The van der Waals surface area contributed by atoms with Gasteiger partial charge in [-0.15, -0.1) is 0 Å². The molecule has 1 atom stereocenters. The Morgan fingerprint density at radius 2 is 2.26 bits per heavy atom. The van der Waals surface area contributed by atoms with Crippen molar-refractivity contribution >= 4 is 11.6 Å². The lowest BCUT2D eigenvalue weighted by atomic mass is 10.1. The van der Waals surface area contributed by atoms with E-state index in [-0.39, 0.29) is 11.8 Å². The normalized spacial score (nSPS) is 12.4. The van der Waals surface area contributed by atoms with Crippen LogP contribution < -0.4 is 10.1 Å². The number of furan rings is 1. The summed E-state index contributed by atoms with van der Waals surface area (Å²) in [6, 6.07) is 7.07. The maximum atomic E-state index is 10.0. The van der Waals surface area contributed by atoms with Gasteiger partial charge >= 0.3 is 0 Å². The molecule has 0 amide bonds. The molecule has 2 N–H and O–H groups in total. The van der Waals surface area contributed by atoms with Crippen LogP contribution in [0.5, 0.6) is 11.5 Å². The van der Waals surface area contributed by atoms with Gasteiger partial charge in [0, 0.05) is 23.2 Å². The molecule has 2 aromatic rings. The molecule has 5 heteroatoms. The summed E-state index contributed by atoms with van der Waals surface area (Å²) >= 11 is 5.98. The van der Waals surface area contributed by atoms with Gasteiger partial charge in [0.1, 0.15) is 5.76 Å². The third-order valence-electron chi connectivity index (χ3n) is 2.91. The van der Waals surface area contributed by atoms with E-state index in [1.165, 1.54) is 7.11 Å². The van der Waals surface area contributed by atoms with Crippen LogP contribution in [0.4, 0.5) is 0 Å². The van der Waals surface area contributed by atoms with Crippen molar-refractivity contribution in [2.24, 2.45) is 0 Å². The van der Waals surface area contributed by atoms with Gasteiger partial charge in [-0.1, -0.05) is 11.6 Å². The summed E-state index contributed by atoms with van der Waals surface area (Å²) in [4.78, 5) is 0. The summed E-state index contributed by atoms with van der Waals surface area (Å²) in [6.45, 7) is 2.45. The highest BCUT2D eigenvalue weighted by Gasteiger charge is 2.12. The quantitative estimate of drug-likeness (QED) is 0.881. The Labute approximate surface area is 117 Å². The number of benzene rings is 1. The highest BCUT2D eigenvalue weighted by molar-refractivity contribution is 6.30. The third-order valence-corrected chi connectivity index (χ3v) is 3.13. The fraction of sp³-hybridized carbons (Fsp3) is 0.286. The van der Waals surface area contributed by atoms with Crippen molar-refractivity contribution in [1.82, 2.24) is 5.32 Å². The average molecular weight is 282 g/mol. The minimum atomic E-state index is 0.0411. The van der Waals surface area contributed by atoms with E-state index in [2.05, 4.69) is 5.32 Å². The van der Waals surface area contributed by atoms with E-state index >= 15 is 0 Å². The van der Waals surface area contributed by atoms with Gasteiger partial charge in [-0.2, -0.15) is 0 Å². The Kier molecular flexibility index (Phi) is 4.35. The van der Waals surface area contributed by atoms with Gasteiger partial charge in [0.2, 0.25) is 0 Å². The predicted molar refractivity (Wildman–Crippen MR) is 73.6 cm³/mol. The summed E-state index contributed by atoms with van der Waals surface area (Å²) in [5.74, 6) is 1.31. The molecule has 0 saturated heterocycles. The Morgan fingerprint density at radius 1 is 1.47 bits per heavy atom. The predicted octanol–water partition coefficient (Wildman–Crippen LogP) is 3.50. The molecule has 2 rings (SSSR count). The molecular formula is C14H16ClNO3. The van der Waals surface area contributed by atoms with Gasteiger partial charge in [-0.25, -0.2) is 0 Å². The molecule has 19 heavy (non-hydrogen) atoms. The number of halogens is 1. The molecule has 0 fully saturated rings. The lowest BCUT2D eigenvalue weighted by Crippen LogP contribution is -2.17. The zero-order chi connectivity index (χ0) is 13.8. The van der Waals surface area contributed by atoms with E-state index in [1.807, 2.05) is 19.1 Å². The Bertz CT molecular complexity index is 540. The molecule has 1 heterocycles. The lowest BCUT2D eigenvalue weighted by molar-refractivity contribution is 0.367. The number of ether oxygens (including phenoxy) is 1. The first-order chi connectivity index (χ1) is 9.11. The van der Waals surface area contributed by atoms with Crippen molar-refractivity contribution in [3.8, 4) is 11.5 Å². The van der Waals surface area contributed by atoms with E-state index < -0.39 is 0 Å². The minimum absolute atomic E-state index is 0.0411. The number of methoxy groups -OCH3 is 1. The SMILES string of the molecule is COc1cc(Cl)cc(CNC(C)c2ccco2)c1O. The van der Waals surface area contributed by atoms with Crippen molar-refractivity contribution in [3.05, 3.63) is 46.9 Å². The molecule has 0 spiro atoms. The Morgan fingerprint density at radius 3 is 2.89 bits per heavy atom. The van der Waals surface area contributed by atoms with E-state index in [0.29, 0.717) is 22.9 Å². The van der Waals surface area contributed by atoms with E-state index in [1.54, 1.807) is 18.4 Å². The van der Waals surface area contributed by atoms with E-state index in [9.17, 15) is 5.11 Å². The summed E-state index contributed by atoms with van der Waals surface area (Å²) in [6.07, 6.45) is 1.63. The number of aromatic hydroxyl groups is 1. The fourth-order valence-corrected chi connectivity index (χ4v) is 2.05. The zero-order valence-corrected chi connectivity index (χ0v) is 11.6. The summed E-state index contributed by atoms with van der Waals surface area (Å²) in [5.41, 5.74) is 0.683. The number of hydrogen-bond acceptors (Lipinski definition) is 4. The van der Waals surface area contributed by atoms with Crippen LogP contribution in [0.1, 0.15) is 24.3 Å². The molecule has 4 nitrogen and oxygen atoms in total. The number of phenolic OH excluding ortho intramolecular Hbond substituents is 1. The molecule has 102 valence electrons. The molecule has 1 unspecified atom stereocenters. The first-order valence-electron chi connectivity index (χ1n) is 5.94. The van der Waals surface area contributed by atoms with Gasteiger partial charge in [0.25, 0.3) is 0 Å². The molecule has 0 radical (unpaired) electrons. The number of rotatable bonds is 5. The number of phenols is 1. The van der Waals surface area contributed by atoms with Crippen LogP contribution in [0.3, 0.4) is 0 Å². The number of hydrogen-bond donors (Lipinski definition) is 2. The van der Waals surface area contributed by atoms with Crippen molar-refractivity contribution in [3.63, 3.8) is 0 Å². The monoisotopic (exact) mass is 281 g/mol. The van der Waals surface area contributed by atoms with Crippen molar-refractivity contribution in [1.29, 1.82) is 0 Å². The fourth-order valence-electron chi connectivity index (χ4n) is 1.82. The molecule has 0 aliphatic heterocycles. The van der Waals surface area contributed by atoms with Crippen LogP contribution in [0.15, 0.2) is 34.9 Å². The minimum Gasteiger partial charge on any atom is -0.504 e. The van der Waals surface area contributed by atoms with Crippen LogP contribution in [-0.4, -0.2) is 12.2 Å². The topological polar surface area (TPSA) is 54.6 Å². The zero-order valence-electron chi connectivity index (χ0n) is 10.8. The van der Waals surface area contributed by atoms with Crippen molar-refractivity contribution in [2.45, 2.75) is 19.5 Å². The molecule has 0 saturated carbocycles. The van der Waals surface area contributed by atoms with Crippen molar-refractivity contribution < 1.29 is 14.3 Å². The second-order valence-electron chi connectivity index (χ2n) is 4.23. The first-order valence-corrected chi connectivity index (χ1v) is 6.31. The smallest absolute Gasteiger partial charge is 0.162 e. The highest BCUT2D eigenvalue weighted by Crippen LogP contribution is 2.33. The standard InChI is InChI=1S/C14H16ClNO3/c1-9(12-4-3-5-19-12)16-8-10-6-11(15)7-13(18-2)14(10)17/h3-7,9,16-17H,8H2,1-2H3.